The van der Waals surface area contributed by atoms with Crippen molar-refractivity contribution < 1.29 is 222 Å². The minimum Gasteiger partial charge on any atom is -0.394 e. The summed E-state index contributed by atoms with van der Waals surface area (Å²) in [6, 6.07) is 0. The van der Waals surface area contributed by atoms with Gasteiger partial charge in [0.25, 0.3) is 0 Å². The van der Waals surface area contributed by atoms with Crippen LogP contribution in [0.2, 0.25) is 0 Å². The molecule has 150 heavy (non-hydrogen) atoms. The molecule has 0 unspecified atom stereocenters. The van der Waals surface area contributed by atoms with Crippen molar-refractivity contribution in [2.75, 3.05) is 177 Å². The molecule has 0 radical (unpaired) electrons. The topological polar surface area (TPSA) is 858 Å². The number of rotatable bonds is 69. The Hall–Kier alpha value is -7.20. The van der Waals surface area contributed by atoms with Gasteiger partial charge < -0.3 is 212 Å². The molecule has 6 aliphatic rings. The van der Waals surface area contributed by atoms with E-state index in [1.165, 1.54) is 35.5 Å². The van der Waals surface area contributed by atoms with Crippen LogP contribution in [0.1, 0.15) is 157 Å². The molecule has 870 valence electrons. The van der Waals surface area contributed by atoms with Gasteiger partial charge in [-0.15, -0.1) is 0 Å². The fourth-order valence-electron chi connectivity index (χ4n) is 16.0. The van der Waals surface area contributed by atoms with Crippen LogP contribution in [-0.2, 0) is 114 Å². The van der Waals surface area contributed by atoms with E-state index in [0.717, 1.165) is 12.8 Å². The normalized spacial score (nSPS) is 29.8. The molecule has 57 nitrogen and oxygen atoms in total. The number of hydrogen-bond donors (Lipinski definition) is 30. The van der Waals surface area contributed by atoms with Gasteiger partial charge in [-0.3, -0.25) is 72.2 Å². The maximum atomic E-state index is 12.9. The maximum absolute atomic E-state index is 12.9. The van der Waals surface area contributed by atoms with Gasteiger partial charge in [0.2, 0.25) is 53.2 Å². The zero-order chi connectivity index (χ0) is 112. The quantitative estimate of drug-likeness (QED) is 0.0251. The number of unbranched alkanes of at least 4 members (excludes halogenated alkanes) is 7. The number of amides is 9. The first kappa shape index (κ1) is 135. The molecule has 30 N–H and O–H groups in total. The highest BCUT2D eigenvalue weighted by molar-refractivity contribution is 5.87. The smallest absolute Gasteiger partial charge is 0.234 e. The number of carbonyl (C=O) groups is 12. The van der Waals surface area contributed by atoms with Crippen LogP contribution in [0.25, 0.3) is 0 Å². The lowest BCUT2D eigenvalue weighted by atomic mass is 9.99. The van der Waals surface area contributed by atoms with Crippen molar-refractivity contribution in [3.05, 3.63) is 0 Å². The Labute approximate surface area is 869 Å². The molecule has 6 rings (SSSR count). The summed E-state index contributed by atoms with van der Waals surface area (Å²) in [6.07, 6.45) is -31.7. The molecule has 0 spiro atoms. The van der Waals surface area contributed by atoms with Gasteiger partial charge in [-0.2, -0.15) is 0 Å². The Kier molecular flexibility index (Phi) is 67.4. The second kappa shape index (κ2) is 74.8. The molecule has 0 aromatic carbocycles. The van der Waals surface area contributed by atoms with Crippen molar-refractivity contribution in [1.82, 2.24) is 62.6 Å². The van der Waals surface area contributed by atoms with Crippen LogP contribution < -0.4 is 47.9 Å². The number of Topliss-reactive ketones (excluding diaryl/α,β-unsaturated/α-hetero) is 3. The van der Waals surface area contributed by atoms with Crippen molar-refractivity contribution in [2.24, 2.45) is 0 Å². The summed E-state index contributed by atoms with van der Waals surface area (Å²) >= 11 is 0. The van der Waals surface area contributed by atoms with Gasteiger partial charge in [-0.25, -0.2) is 0 Å². The molecule has 0 bridgehead atoms. The summed E-state index contributed by atoms with van der Waals surface area (Å²) in [5.74, 6) is -3.88. The molecule has 57 heteroatoms. The Balaban J connectivity index is 0.000000468. The van der Waals surface area contributed by atoms with Crippen LogP contribution >= 0.6 is 0 Å². The van der Waals surface area contributed by atoms with Gasteiger partial charge in [0, 0.05) is 97.4 Å². The van der Waals surface area contributed by atoms with Crippen molar-refractivity contribution >= 4 is 70.5 Å². The Morgan fingerprint density at radius 3 is 0.653 bits per heavy atom. The second-order valence-corrected chi connectivity index (χ2v) is 37.1. The van der Waals surface area contributed by atoms with Crippen molar-refractivity contribution in [3.8, 4) is 0 Å². The van der Waals surface area contributed by atoms with Gasteiger partial charge >= 0.3 is 0 Å². The van der Waals surface area contributed by atoms with E-state index in [1.807, 2.05) is 20.8 Å². The van der Waals surface area contributed by atoms with Gasteiger partial charge in [0.15, 0.2) is 37.7 Å². The lowest BCUT2D eigenvalue weighted by Crippen LogP contribution is -2.59. The molecule has 6 heterocycles. The first-order chi connectivity index (χ1) is 71.3. The van der Waals surface area contributed by atoms with Gasteiger partial charge in [-0.05, 0) is 92.9 Å². The van der Waals surface area contributed by atoms with E-state index in [2.05, 4.69) is 47.9 Å². The summed E-state index contributed by atoms with van der Waals surface area (Å²) in [4.78, 5) is 153. The summed E-state index contributed by atoms with van der Waals surface area (Å²) in [6.45, 7) is 7.03. The molecule has 6 aliphatic heterocycles. The fourth-order valence-corrected chi connectivity index (χ4v) is 16.0. The Bertz CT molecular complexity index is 3500. The van der Waals surface area contributed by atoms with Crippen molar-refractivity contribution in [3.63, 3.8) is 0 Å². The lowest BCUT2D eigenvalue weighted by Gasteiger charge is -2.39. The highest BCUT2D eigenvalue weighted by Crippen LogP contribution is 2.29. The largest absolute Gasteiger partial charge is 0.394 e. The first-order valence-corrected chi connectivity index (χ1v) is 51.2. The number of nitrogens with one attached hydrogen (secondary N) is 9. The average molecular weight is 2170 g/mol. The van der Waals surface area contributed by atoms with Gasteiger partial charge in [0.05, 0.1) is 137 Å². The maximum Gasteiger partial charge on any atom is 0.234 e. The fraction of sp³-hybridized carbons (Fsp3) is 0.871. The second-order valence-electron chi connectivity index (χ2n) is 37.1. The van der Waals surface area contributed by atoms with E-state index in [9.17, 15) is 165 Å². The van der Waals surface area contributed by atoms with Crippen molar-refractivity contribution in [1.29, 1.82) is 0 Å². The van der Waals surface area contributed by atoms with E-state index in [0.29, 0.717) is 103 Å². The van der Waals surface area contributed by atoms with E-state index in [4.69, 9.17) is 56.8 Å². The summed E-state index contributed by atoms with van der Waals surface area (Å²) in [5, 5.41) is 231. The van der Waals surface area contributed by atoms with E-state index >= 15 is 0 Å². The number of hydrogen-bond acceptors (Lipinski definition) is 48. The molecule has 0 aliphatic carbocycles. The van der Waals surface area contributed by atoms with Crippen molar-refractivity contribution in [2.45, 2.75) is 341 Å². The SMILES string of the molecule is CCNC(=O)CCCCCCC(=O)CN(CC(=O)CCCO[C@H]1O[C@H](CO)[C@@H](O)[C@H](O)[C@@H]1O)CC(=O)CCCO[C@@H]1O[C@@H](C)[C@@H](O)[C@@H](O)[C@@H]1O.CCNC(=O)CCCCCNC(=O)CN(CC(=O)NCCO[C@H]1O[C@H](CO)[C@@H](O)[C@H](O)[C@@H]1O)CC(=O)NCCO[C@@H]1O[C@@H](C)[C@@H](O)[C@@H](O)[C@@H]1O.CCNC(=O)CCCCCNC(=O)CN(CC(=O)NCCO[C@H]1O[C@H](CO)[C@@H](O)[C@H](O)[C@@H]1O)CC(=O)NCCO[C@@H]1O[C@@H](C)[C@@H](O)[C@@H](O)[C@@H]1O. The molecule has 0 aromatic heterocycles. The van der Waals surface area contributed by atoms with Crippen LogP contribution in [0.15, 0.2) is 0 Å². The highest BCUT2D eigenvalue weighted by Gasteiger charge is 2.49. The standard InChI is InChI=1S/C33H58N2O15.2C30H55N5O15/c1-3-34-25(40)13-7-5-4-6-10-21(37)16-35(17-22(38)11-8-14-47-32-30(45)28(43)26(41)20(2)49-32)18-23(39)12-9-15-48-33-31(46)29(44)27(42)24(19-36)50-33;2*1-3-31-19(37)7-5-4-6-8-32-20(38)13-35(14-21(39)33-9-11-47-29-27(45)25(43)23(41)17(2)49-29)15-22(40)34-10-12-48-30-28(46)26(44)24(42)18(16-36)50-30/h20,24,26-33,36,41-46H,3-19H2,1-2H3,(H,34,40);2*17-18,23-30,36,41-46H,3-16H2,1-2H3,(H,31,37)(H,32,38)(H,33,39)(H,34,40)/t20-,24+,26+,27+,28+,29-,30-,31-,32+,33-;2*17-,18+,23+,24+,25+,26-,27-,28-,29+,30-/m000/s1. The molecule has 0 saturated carbocycles. The lowest BCUT2D eigenvalue weighted by molar-refractivity contribution is -0.301. The zero-order valence-corrected chi connectivity index (χ0v) is 86.2. The predicted octanol–water partition coefficient (Wildman–Crippen LogP) is -14.3. The molecule has 0 aromatic rings. The summed E-state index contributed by atoms with van der Waals surface area (Å²) in [7, 11) is 0. The minimum absolute atomic E-state index is 0.00583. The third-order valence-electron chi connectivity index (χ3n) is 24.5. The number of nitrogens with zero attached hydrogens (tertiary/aromatic N) is 3. The Morgan fingerprint density at radius 2 is 0.413 bits per heavy atom. The van der Waals surface area contributed by atoms with E-state index in [1.54, 1.807) is 0 Å². The number of carbonyl (C=O) groups excluding carboxylic acids is 12. The monoisotopic (exact) mass is 2170 g/mol. The highest BCUT2D eigenvalue weighted by atomic mass is 16.7. The van der Waals surface area contributed by atoms with Gasteiger partial charge in [-0.1, -0.05) is 25.7 Å². The zero-order valence-electron chi connectivity index (χ0n) is 86.2. The Morgan fingerprint density at radius 1 is 0.213 bits per heavy atom. The van der Waals surface area contributed by atoms with Gasteiger partial charge in [0.1, 0.15) is 146 Å². The number of ketones is 3. The minimum atomic E-state index is -1.62. The first-order valence-electron chi connectivity index (χ1n) is 51.2. The number of aliphatic hydroxyl groups is 21. The van der Waals surface area contributed by atoms with E-state index in [-0.39, 0.29) is 192 Å². The summed E-state index contributed by atoms with van der Waals surface area (Å²) < 4.78 is 64.3. The third-order valence-corrected chi connectivity index (χ3v) is 24.5. The van der Waals surface area contributed by atoms with Crippen LogP contribution in [0.4, 0.5) is 0 Å². The van der Waals surface area contributed by atoms with Crippen LogP contribution in [0, 0.1) is 0 Å². The molecule has 9 amide bonds. The van der Waals surface area contributed by atoms with Crippen LogP contribution in [0.5, 0.6) is 0 Å². The number of aliphatic hydroxyl groups excluding tert-OH is 21. The molecule has 6 saturated heterocycles. The van der Waals surface area contributed by atoms with Crippen LogP contribution in [-0.4, -0.2) is 554 Å². The number of ether oxygens (including phenoxy) is 12. The average Bonchev–Trinajstić information content (AvgIpc) is 0.825. The molecule has 30 atom stereocenters. The summed E-state index contributed by atoms with van der Waals surface area (Å²) in [5.41, 5.74) is 0. The predicted molar refractivity (Wildman–Crippen MR) is 516 cm³/mol. The van der Waals surface area contributed by atoms with E-state index < -0.39 is 239 Å². The van der Waals surface area contributed by atoms with Crippen LogP contribution in [0.3, 0.4) is 0 Å². The molecular weight excluding hydrogens is 2010 g/mol. The third kappa shape index (κ3) is 50.8. The molecule has 6 fully saturated rings. The molecular formula is C93H168N12O45.